The van der Waals surface area contributed by atoms with Crippen LogP contribution in [0.25, 0.3) is 0 Å². The van der Waals surface area contributed by atoms with Gasteiger partial charge in [-0.1, -0.05) is 11.8 Å². The van der Waals surface area contributed by atoms with Gasteiger partial charge in [0, 0.05) is 6.20 Å². The number of amidine groups is 1. The van der Waals surface area contributed by atoms with Crippen molar-refractivity contribution in [1.82, 2.24) is 4.90 Å². The molecule has 0 unspecified atom stereocenters. The van der Waals surface area contributed by atoms with Crippen molar-refractivity contribution in [2.24, 2.45) is 4.99 Å². The van der Waals surface area contributed by atoms with Gasteiger partial charge in [-0.3, -0.25) is 9.89 Å². The molecule has 0 aromatic rings. The average Bonchev–Trinajstić information content (AvgIpc) is 2.85. The van der Waals surface area contributed by atoms with Crippen LogP contribution in [0.2, 0.25) is 0 Å². The smallest absolute Gasteiger partial charge is 0.346 e. The van der Waals surface area contributed by atoms with Crippen molar-refractivity contribution >= 4 is 28.9 Å². The molecule has 0 aromatic heterocycles. The number of fused-ring (bicyclic) bond motifs is 1. The standard InChI is InChI=1S/C13H18N2O4S/c1-5-18-9(16)13(10(17)19-6-2)12(3,4)14-11-15(13)7-8-20-11/h7-8H,5-6H2,1-4H3. The predicted octanol–water partition coefficient (Wildman–Crippen LogP) is 1.52. The molecule has 6 nitrogen and oxygen atoms in total. The highest BCUT2D eigenvalue weighted by atomic mass is 32.2. The molecule has 0 saturated carbocycles. The molecule has 0 atom stereocenters. The van der Waals surface area contributed by atoms with Crippen LogP contribution in [-0.2, 0) is 19.1 Å². The van der Waals surface area contributed by atoms with E-state index in [0.717, 1.165) is 0 Å². The average molecular weight is 298 g/mol. The lowest BCUT2D eigenvalue weighted by molar-refractivity contribution is -0.173. The second kappa shape index (κ2) is 5.12. The summed E-state index contributed by atoms with van der Waals surface area (Å²) in [7, 11) is 0. The maximum atomic E-state index is 12.6. The molecule has 2 aliphatic rings. The number of hydrogen-bond acceptors (Lipinski definition) is 7. The molecule has 0 aliphatic carbocycles. The Morgan fingerprint density at radius 3 is 2.30 bits per heavy atom. The zero-order chi connectivity index (χ0) is 15.0. The minimum atomic E-state index is -1.59. The van der Waals surface area contributed by atoms with Gasteiger partial charge in [0.1, 0.15) is 5.54 Å². The number of esters is 2. The third kappa shape index (κ3) is 1.83. The van der Waals surface area contributed by atoms with Crippen molar-refractivity contribution in [2.75, 3.05) is 13.2 Å². The maximum Gasteiger partial charge on any atom is 0.346 e. The van der Waals surface area contributed by atoms with E-state index in [1.54, 1.807) is 44.2 Å². The van der Waals surface area contributed by atoms with Crippen molar-refractivity contribution in [3.8, 4) is 0 Å². The molecular formula is C13H18N2O4S. The van der Waals surface area contributed by atoms with Crippen molar-refractivity contribution in [3.63, 3.8) is 0 Å². The number of rotatable bonds is 4. The Labute approximate surface area is 122 Å². The fraction of sp³-hybridized carbons (Fsp3) is 0.615. The first-order valence-corrected chi connectivity index (χ1v) is 7.36. The Morgan fingerprint density at radius 2 is 1.80 bits per heavy atom. The summed E-state index contributed by atoms with van der Waals surface area (Å²) in [5, 5.41) is 2.39. The van der Waals surface area contributed by atoms with E-state index >= 15 is 0 Å². The first-order valence-electron chi connectivity index (χ1n) is 6.48. The molecule has 2 aliphatic heterocycles. The van der Waals surface area contributed by atoms with E-state index in [1.165, 1.54) is 11.8 Å². The largest absolute Gasteiger partial charge is 0.464 e. The van der Waals surface area contributed by atoms with Gasteiger partial charge in [0.05, 0.1) is 13.2 Å². The lowest BCUT2D eigenvalue weighted by Gasteiger charge is -2.38. The summed E-state index contributed by atoms with van der Waals surface area (Å²) in [5.74, 6) is -1.26. The number of thioether (sulfide) groups is 1. The Morgan fingerprint density at radius 1 is 1.25 bits per heavy atom. The zero-order valence-corrected chi connectivity index (χ0v) is 12.8. The highest BCUT2D eigenvalue weighted by Gasteiger charge is 2.68. The summed E-state index contributed by atoms with van der Waals surface area (Å²) < 4.78 is 10.3. The molecule has 0 saturated heterocycles. The second-order valence-electron chi connectivity index (χ2n) is 4.88. The Bertz CT molecular complexity index is 481. The van der Waals surface area contributed by atoms with Gasteiger partial charge in [0.2, 0.25) is 0 Å². The SMILES string of the molecule is CCOC(=O)C1(C(=O)OCC)N2C=CSC2=NC1(C)C. The summed E-state index contributed by atoms with van der Waals surface area (Å²) in [6.45, 7) is 7.26. The van der Waals surface area contributed by atoms with E-state index in [4.69, 9.17) is 9.47 Å². The summed E-state index contributed by atoms with van der Waals surface area (Å²) in [4.78, 5) is 31.2. The molecule has 0 aromatic carbocycles. The van der Waals surface area contributed by atoms with E-state index in [1.807, 2.05) is 0 Å². The van der Waals surface area contributed by atoms with Gasteiger partial charge in [0.25, 0.3) is 5.54 Å². The third-order valence-corrected chi connectivity index (χ3v) is 4.11. The second-order valence-corrected chi connectivity index (χ2v) is 5.75. The van der Waals surface area contributed by atoms with Crippen LogP contribution in [0, 0.1) is 0 Å². The van der Waals surface area contributed by atoms with Gasteiger partial charge < -0.3 is 9.47 Å². The summed E-state index contributed by atoms with van der Waals surface area (Å²) in [6.07, 6.45) is 1.67. The predicted molar refractivity (Wildman–Crippen MR) is 76.1 cm³/mol. The minimum absolute atomic E-state index is 0.191. The Kier molecular flexibility index (Phi) is 3.82. The summed E-state index contributed by atoms with van der Waals surface area (Å²) >= 11 is 1.37. The van der Waals surface area contributed by atoms with Gasteiger partial charge >= 0.3 is 11.9 Å². The molecule has 7 heteroatoms. The molecule has 20 heavy (non-hydrogen) atoms. The quantitative estimate of drug-likeness (QED) is 0.579. The van der Waals surface area contributed by atoms with Crippen molar-refractivity contribution in [2.45, 2.75) is 38.8 Å². The first kappa shape index (κ1) is 14.9. The van der Waals surface area contributed by atoms with Crippen LogP contribution < -0.4 is 0 Å². The number of carbonyl (C=O) groups is 2. The molecular weight excluding hydrogens is 280 g/mol. The van der Waals surface area contributed by atoms with Crippen LogP contribution >= 0.6 is 11.8 Å². The first-order chi connectivity index (χ1) is 9.41. The Hall–Kier alpha value is -1.50. The van der Waals surface area contributed by atoms with Gasteiger partial charge in [-0.2, -0.15) is 0 Å². The van der Waals surface area contributed by atoms with Crippen molar-refractivity contribution < 1.29 is 19.1 Å². The lowest BCUT2D eigenvalue weighted by atomic mass is 9.79. The van der Waals surface area contributed by atoms with E-state index in [9.17, 15) is 9.59 Å². The highest BCUT2D eigenvalue weighted by Crippen LogP contribution is 2.45. The third-order valence-electron chi connectivity index (χ3n) is 3.35. The maximum absolute atomic E-state index is 12.6. The lowest BCUT2D eigenvalue weighted by Crippen LogP contribution is -2.66. The normalized spacial score (nSPS) is 21.4. The van der Waals surface area contributed by atoms with Crippen LogP contribution in [0.1, 0.15) is 27.7 Å². The van der Waals surface area contributed by atoms with Crippen LogP contribution in [0.5, 0.6) is 0 Å². The molecule has 2 heterocycles. The molecule has 0 N–H and O–H groups in total. The minimum Gasteiger partial charge on any atom is -0.464 e. The molecule has 0 spiro atoms. The molecule has 0 bridgehead atoms. The van der Waals surface area contributed by atoms with Gasteiger partial charge in [0.15, 0.2) is 5.17 Å². The number of carbonyl (C=O) groups excluding carboxylic acids is 2. The summed E-state index contributed by atoms with van der Waals surface area (Å²) in [5.41, 5.74) is -2.55. The zero-order valence-electron chi connectivity index (χ0n) is 12.0. The van der Waals surface area contributed by atoms with E-state index in [0.29, 0.717) is 5.17 Å². The molecule has 110 valence electrons. The van der Waals surface area contributed by atoms with Gasteiger partial charge in [-0.15, -0.1) is 0 Å². The number of aliphatic imine (C=N–C) groups is 1. The number of hydrogen-bond donors (Lipinski definition) is 0. The van der Waals surface area contributed by atoms with Crippen LogP contribution in [0.3, 0.4) is 0 Å². The van der Waals surface area contributed by atoms with Crippen molar-refractivity contribution in [1.29, 1.82) is 0 Å². The van der Waals surface area contributed by atoms with Crippen molar-refractivity contribution in [3.05, 3.63) is 11.6 Å². The fourth-order valence-corrected chi connectivity index (χ4v) is 3.37. The topological polar surface area (TPSA) is 68.2 Å². The number of ether oxygens (including phenoxy) is 2. The molecule has 2 rings (SSSR count). The van der Waals surface area contributed by atoms with Crippen LogP contribution in [0.4, 0.5) is 0 Å². The van der Waals surface area contributed by atoms with Crippen LogP contribution in [-0.4, -0.2) is 46.3 Å². The highest BCUT2D eigenvalue weighted by molar-refractivity contribution is 8.16. The van der Waals surface area contributed by atoms with Gasteiger partial charge in [-0.25, -0.2) is 9.59 Å². The van der Waals surface area contributed by atoms with E-state index < -0.39 is 23.0 Å². The molecule has 0 fully saturated rings. The van der Waals surface area contributed by atoms with Crippen LogP contribution in [0.15, 0.2) is 16.6 Å². The van der Waals surface area contributed by atoms with E-state index in [-0.39, 0.29) is 13.2 Å². The number of nitrogens with zero attached hydrogens (tertiary/aromatic N) is 2. The molecule has 0 amide bonds. The Balaban J connectivity index is 2.53. The monoisotopic (exact) mass is 298 g/mol. The summed E-state index contributed by atoms with van der Waals surface area (Å²) in [6, 6.07) is 0. The fourth-order valence-electron chi connectivity index (χ4n) is 2.47. The molecule has 0 radical (unpaired) electrons. The van der Waals surface area contributed by atoms with E-state index in [2.05, 4.69) is 4.99 Å². The van der Waals surface area contributed by atoms with Gasteiger partial charge in [-0.05, 0) is 33.1 Å².